The summed E-state index contributed by atoms with van der Waals surface area (Å²) in [5.41, 5.74) is 1.06. The lowest BCUT2D eigenvalue weighted by atomic mass is 10.1. The van der Waals surface area contributed by atoms with E-state index in [4.69, 9.17) is 0 Å². The molecule has 2 aliphatic rings. The maximum atomic E-state index is 12.5. The topological polar surface area (TPSA) is 75.5 Å². The number of anilines is 1. The number of nitro groups is 1. The molecule has 1 saturated heterocycles. The van der Waals surface area contributed by atoms with Gasteiger partial charge in [0.05, 0.1) is 4.92 Å². The van der Waals surface area contributed by atoms with E-state index in [1.807, 2.05) is 0 Å². The molecule has 0 unspecified atom stereocenters. The third kappa shape index (κ3) is 4.50. The largest absolute Gasteiger partial charge is 0.366 e. The van der Waals surface area contributed by atoms with E-state index in [0.717, 1.165) is 51.6 Å². The van der Waals surface area contributed by atoms with Crippen molar-refractivity contribution in [3.8, 4) is 0 Å². The number of carbonyl (C=O) groups is 1. The van der Waals surface area contributed by atoms with Gasteiger partial charge < -0.3 is 10.2 Å². The Morgan fingerprint density at radius 2 is 1.68 bits per heavy atom. The molecule has 0 radical (unpaired) electrons. The van der Waals surface area contributed by atoms with E-state index in [-0.39, 0.29) is 22.6 Å². The standard InChI is InChI=1S/C19H27N3O3/c23-19(20-16-8-4-1-2-5-9-16)15-10-11-17(18(14-15)22(24)25)21-12-6-3-7-13-21/h10-11,14,16H,1-9,12-13H2,(H,20,23). The molecule has 6 heteroatoms. The lowest BCUT2D eigenvalue weighted by Gasteiger charge is -2.28. The molecule has 1 aromatic carbocycles. The molecule has 2 fully saturated rings. The van der Waals surface area contributed by atoms with Crippen LogP contribution in [0.5, 0.6) is 0 Å². The fourth-order valence-corrected chi connectivity index (χ4v) is 3.91. The number of rotatable bonds is 4. The van der Waals surface area contributed by atoms with Crippen molar-refractivity contribution in [2.75, 3.05) is 18.0 Å². The number of nitrogens with zero attached hydrogens (tertiary/aromatic N) is 2. The molecule has 0 aromatic heterocycles. The van der Waals surface area contributed by atoms with Gasteiger partial charge in [-0.1, -0.05) is 25.7 Å². The van der Waals surface area contributed by atoms with Gasteiger partial charge in [0.1, 0.15) is 5.69 Å². The van der Waals surface area contributed by atoms with Gasteiger partial charge in [-0.25, -0.2) is 0 Å². The van der Waals surface area contributed by atoms with Crippen molar-refractivity contribution in [3.05, 3.63) is 33.9 Å². The molecular weight excluding hydrogens is 318 g/mol. The van der Waals surface area contributed by atoms with Crippen molar-refractivity contribution in [3.63, 3.8) is 0 Å². The van der Waals surface area contributed by atoms with E-state index in [0.29, 0.717) is 11.3 Å². The highest BCUT2D eigenvalue weighted by Crippen LogP contribution is 2.31. The molecule has 0 bridgehead atoms. The van der Waals surface area contributed by atoms with Crippen LogP contribution in [0.25, 0.3) is 0 Å². The minimum atomic E-state index is -0.369. The number of piperidine rings is 1. The van der Waals surface area contributed by atoms with Crippen LogP contribution >= 0.6 is 0 Å². The molecule has 1 aliphatic heterocycles. The molecule has 0 spiro atoms. The molecule has 25 heavy (non-hydrogen) atoms. The van der Waals surface area contributed by atoms with Gasteiger partial charge in [-0.05, 0) is 44.2 Å². The first-order chi connectivity index (χ1) is 12.1. The summed E-state index contributed by atoms with van der Waals surface area (Å²) in [5.74, 6) is -0.194. The van der Waals surface area contributed by atoms with Gasteiger partial charge in [-0.15, -0.1) is 0 Å². The molecule has 136 valence electrons. The average Bonchev–Trinajstić information content (AvgIpc) is 2.90. The Bertz CT molecular complexity index is 618. The van der Waals surface area contributed by atoms with Crippen LogP contribution in [-0.2, 0) is 0 Å². The Kier molecular flexibility index (Phi) is 5.89. The first kappa shape index (κ1) is 17.7. The molecular formula is C19H27N3O3. The Labute approximate surface area is 148 Å². The minimum Gasteiger partial charge on any atom is -0.366 e. The average molecular weight is 345 g/mol. The van der Waals surface area contributed by atoms with Crippen LogP contribution in [0.4, 0.5) is 11.4 Å². The summed E-state index contributed by atoms with van der Waals surface area (Å²) in [6.07, 6.45) is 10.0. The lowest BCUT2D eigenvalue weighted by Crippen LogP contribution is -2.34. The van der Waals surface area contributed by atoms with Gasteiger partial charge in [-0.2, -0.15) is 0 Å². The monoisotopic (exact) mass is 345 g/mol. The Morgan fingerprint density at radius 3 is 2.32 bits per heavy atom. The van der Waals surface area contributed by atoms with Crippen LogP contribution < -0.4 is 10.2 Å². The molecule has 1 aromatic rings. The van der Waals surface area contributed by atoms with Crippen molar-refractivity contribution in [2.45, 2.75) is 63.8 Å². The number of hydrogen-bond acceptors (Lipinski definition) is 4. The molecule has 1 N–H and O–H groups in total. The second-order valence-electron chi connectivity index (χ2n) is 7.17. The highest BCUT2D eigenvalue weighted by molar-refractivity contribution is 5.96. The van der Waals surface area contributed by atoms with Crippen molar-refractivity contribution >= 4 is 17.3 Å². The molecule has 1 amide bonds. The van der Waals surface area contributed by atoms with Gasteiger partial charge in [0.25, 0.3) is 11.6 Å². The fourth-order valence-electron chi connectivity index (χ4n) is 3.91. The predicted octanol–water partition coefficient (Wildman–Crippen LogP) is 4.04. The third-order valence-corrected chi connectivity index (χ3v) is 5.32. The number of nitrogens with one attached hydrogen (secondary N) is 1. The normalized spacial score (nSPS) is 19.3. The Morgan fingerprint density at radius 1 is 1.04 bits per heavy atom. The quantitative estimate of drug-likeness (QED) is 0.508. The van der Waals surface area contributed by atoms with Gasteiger partial charge in [0.15, 0.2) is 0 Å². The summed E-state index contributed by atoms with van der Waals surface area (Å²) in [6, 6.07) is 5.10. The van der Waals surface area contributed by atoms with E-state index < -0.39 is 0 Å². The summed E-state index contributed by atoms with van der Waals surface area (Å²) in [7, 11) is 0. The summed E-state index contributed by atoms with van der Waals surface area (Å²) in [4.78, 5) is 25.8. The van der Waals surface area contributed by atoms with Crippen LogP contribution in [0.1, 0.15) is 68.1 Å². The van der Waals surface area contributed by atoms with E-state index in [2.05, 4.69) is 10.2 Å². The van der Waals surface area contributed by atoms with Crippen molar-refractivity contribution in [1.29, 1.82) is 0 Å². The SMILES string of the molecule is O=C(NC1CCCCCC1)c1ccc(N2CCCCC2)c([N+](=O)[O-])c1. The van der Waals surface area contributed by atoms with E-state index in [1.54, 1.807) is 12.1 Å². The van der Waals surface area contributed by atoms with Crippen LogP contribution in [0.2, 0.25) is 0 Å². The van der Waals surface area contributed by atoms with Crippen LogP contribution in [0, 0.1) is 10.1 Å². The summed E-state index contributed by atoms with van der Waals surface area (Å²) < 4.78 is 0. The summed E-state index contributed by atoms with van der Waals surface area (Å²) >= 11 is 0. The second kappa shape index (κ2) is 8.32. The zero-order chi connectivity index (χ0) is 17.6. The molecule has 3 rings (SSSR count). The smallest absolute Gasteiger partial charge is 0.293 e. The van der Waals surface area contributed by atoms with Crippen LogP contribution in [0.3, 0.4) is 0 Å². The first-order valence-electron chi connectivity index (χ1n) is 9.49. The number of hydrogen-bond donors (Lipinski definition) is 1. The van der Waals surface area contributed by atoms with Crippen molar-refractivity contribution < 1.29 is 9.72 Å². The van der Waals surface area contributed by atoms with E-state index in [9.17, 15) is 14.9 Å². The predicted molar refractivity (Wildman–Crippen MR) is 98.1 cm³/mol. The number of nitro benzene ring substituents is 1. The summed E-state index contributed by atoms with van der Waals surface area (Å²) in [6.45, 7) is 1.68. The zero-order valence-corrected chi connectivity index (χ0v) is 14.7. The highest BCUT2D eigenvalue weighted by Gasteiger charge is 2.24. The van der Waals surface area contributed by atoms with Crippen molar-refractivity contribution in [1.82, 2.24) is 5.32 Å². The van der Waals surface area contributed by atoms with Gasteiger partial charge >= 0.3 is 0 Å². The summed E-state index contributed by atoms with van der Waals surface area (Å²) in [5, 5.41) is 14.6. The van der Waals surface area contributed by atoms with Crippen LogP contribution in [0.15, 0.2) is 18.2 Å². The molecule has 0 atom stereocenters. The van der Waals surface area contributed by atoms with Gasteiger partial charge in [0, 0.05) is 30.8 Å². The van der Waals surface area contributed by atoms with Crippen LogP contribution in [-0.4, -0.2) is 30.0 Å². The number of amides is 1. The van der Waals surface area contributed by atoms with E-state index >= 15 is 0 Å². The molecule has 6 nitrogen and oxygen atoms in total. The van der Waals surface area contributed by atoms with Gasteiger partial charge in [-0.3, -0.25) is 14.9 Å². The highest BCUT2D eigenvalue weighted by atomic mass is 16.6. The second-order valence-corrected chi connectivity index (χ2v) is 7.17. The first-order valence-corrected chi connectivity index (χ1v) is 9.49. The molecule has 1 aliphatic carbocycles. The number of benzene rings is 1. The maximum Gasteiger partial charge on any atom is 0.293 e. The van der Waals surface area contributed by atoms with Crippen molar-refractivity contribution in [2.24, 2.45) is 0 Å². The van der Waals surface area contributed by atoms with E-state index in [1.165, 1.54) is 25.3 Å². The fraction of sp³-hybridized carbons (Fsp3) is 0.632. The third-order valence-electron chi connectivity index (χ3n) is 5.32. The zero-order valence-electron chi connectivity index (χ0n) is 14.7. The molecule has 1 saturated carbocycles. The minimum absolute atomic E-state index is 0.0374. The lowest BCUT2D eigenvalue weighted by molar-refractivity contribution is -0.384. The Hall–Kier alpha value is -2.11. The Balaban J connectivity index is 1.76. The molecule has 1 heterocycles. The number of carbonyl (C=O) groups excluding carboxylic acids is 1. The maximum absolute atomic E-state index is 12.5. The van der Waals surface area contributed by atoms with Gasteiger partial charge in [0.2, 0.25) is 0 Å².